The summed E-state index contributed by atoms with van der Waals surface area (Å²) in [5.74, 6) is 0.231. The van der Waals surface area contributed by atoms with Gasteiger partial charge in [-0.2, -0.15) is 5.10 Å². The summed E-state index contributed by atoms with van der Waals surface area (Å²) >= 11 is 5.83. The molecule has 17 heavy (non-hydrogen) atoms. The zero-order valence-corrected chi connectivity index (χ0v) is 10.2. The molecule has 0 bridgehead atoms. The van der Waals surface area contributed by atoms with Crippen molar-refractivity contribution in [3.63, 3.8) is 0 Å². The second-order valence-corrected chi connectivity index (χ2v) is 4.99. The zero-order chi connectivity index (χ0) is 11.8. The highest BCUT2D eigenvalue weighted by molar-refractivity contribution is 6.30. The Balaban J connectivity index is 1.76. The summed E-state index contributed by atoms with van der Waals surface area (Å²) in [7, 11) is 0. The summed E-state index contributed by atoms with van der Waals surface area (Å²) in [4.78, 5) is 12.0. The maximum Gasteiger partial charge on any atom is 0.251 e. The van der Waals surface area contributed by atoms with Crippen LogP contribution in [0.4, 0.5) is 0 Å². The van der Waals surface area contributed by atoms with Gasteiger partial charge in [-0.3, -0.25) is 4.79 Å². The Hall–Kier alpha value is -1.35. The van der Waals surface area contributed by atoms with Gasteiger partial charge in [-0.25, -0.2) is 5.01 Å². The van der Waals surface area contributed by atoms with Crippen LogP contribution in [0.1, 0.15) is 24.8 Å². The number of nitrogens with zero attached hydrogens (tertiary/aromatic N) is 2. The van der Waals surface area contributed by atoms with Crippen LogP contribution in [0.3, 0.4) is 0 Å². The highest BCUT2D eigenvalue weighted by Crippen LogP contribution is 2.30. The van der Waals surface area contributed by atoms with Gasteiger partial charge in [0.15, 0.2) is 0 Å². The molecule has 1 amide bonds. The van der Waals surface area contributed by atoms with Crippen molar-refractivity contribution in [3.8, 4) is 0 Å². The van der Waals surface area contributed by atoms with Gasteiger partial charge in [0.05, 0.1) is 18.2 Å². The highest BCUT2D eigenvalue weighted by Gasteiger charge is 2.38. The van der Waals surface area contributed by atoms with Crippen molar-refractivity contribution >= 4 is 23.2 Å². The Morgan fingerprint density at radius 2 is 2.12 bits per heavy atom. The molecule has 1 aromatic carbocycles. The van der Waals surface area contributed by atoms with E-state index in [0.29, 0.717) is 11.6 Å². The number of hydrogen-bond acceptors (Lipinski definition) is 2. The van der Waals surface area contributed by atoms with Crippen molar-refractivity contribution in [2.45, 2.75) is 25.8 Å². The van der Waals surface area contributed by atoms with Crippen molar-refractivity contribution < 1.29 is 4.79 Å². The number of fused-ring (bicyclic) bond motifs is 1. The predicted octanol–water partition coefficient (Wildman–Crippen LogP) is 2.84. The minimum absolute atomic E-state index is 0.0716. The van der Waals surface area contributed by atoms with Crippen molar-refractivity contribution in [2.24, 2.45) is 11.0 Å². The van der Waals surface area contributed by atoms with Crippen LogP contribution in [0, 0.1) is 5.92 Å². The van der Waals surface area contributed by atoms with Crippen LogP contribution in [-0.4, -0.2) is 16.6 Å². The summed E-state index contributed by atoms with van der Waals surface area (Å²) in [5, 5.41) is 6.73. The minimum atomic E-state index is 0.0716. The molecule has 1 unspecified atom stereocenters. The van der Waals surface area contributed by atoms with Crippen LogP contribution in [0.5, 0.6) is 0 Å². The lowest BCUT2D eigenvalue weighted by atomic mass is 10.1. The van der Waals surface area contributed by atoms with Gasteiger partial charge in [-0.05, 0) is 37.0 Å². The Bertz CT molecular complexity index is 481. The molecule has 4 heteroatoms. The quantitative estimate of drug-likeness (QED) is 0.792. The van der Waals surface area contributed by atoms with E-state index in [1.54, 1.807) is 5.01 Å². The van der Waals surface area contributed by atoms with Crippen molar-refractivity contribution in [3.05, 3.63) is 34.9 Å². The zero-order valence-electron chi connectivity index (χ0n) is 9.40. The highest BCUT2D eigenvalue weighted by atomic mass is 35.5. The molecule has 1 aliphatic heterocycles. The standard InChI is InChI=1S/C13H13ClN2O/c14-10-6-4-9(5-7-10)8-16-13(17)11-2-1-3-12(11)15-16/h4-7,11H,1-3,8H2. The molecule has 0 spiro atoms. The van der Waals surface area contributed by atoms with E-state index in [4.69, 9.17) is 11.6 Å². The molecule has 0 N–H and O–H groups in total. The second kappa shape index (κ2) is 4.15. The first-order valence-electron chi connectivity index (χ1n) is 5.87. The third-order valence-corrected chi connectivity index (χ3v) is 3.63. The minimum Gasteiger partial charge on any atom is -0.272 e. The molecule has 1 saturated carbocycles. The van der Waals surface area contributed by atoms with Gasteiger partial charge in [0.1, 0.15) is 0 Å². The van der Waals surface area contributed by atoms with Gasteiger partial charge in [-0.15, -0.1) is 0 Å². The number of carbonyl (C=O) groups excluding carboxylic acids is 1. The summed E-state index contributed by atoms with van der Waals surface area (Å²) in [6, 6.07) is 7.55. The van der Waals surface area contributed by atoms with Gasteiger partial charge in [0, 0.05) is 5.02 Å². The van der Waals surface area contributed by atoms with Crippen LogP contribution in [0.25, 0.3) is 0 Å². The summed E-state index contributed by atoms with van der Waals surface area (Å²) in [6.07, 6.45) is 3.05. The molecule has 0 aromatic heterocycles. The Morgan fingerprint density at radius 1 is 1.35 bits per heavy atom. The SMILES string of the molecule is O=C1C2CCCC2=NN1Cc1ccc(Cl)cc1. The average Bonchev–Trinajstić information content (AvgIpc) is 2.87. The van der Waals surface area contributed by atoms with Crippen LogP contribution in [0.2, 0.25) is 5.02 Å². The van der Waals surface area contributed by atoms with Gasteiger partial charge in [0.2, 0.25) is 0 Å². The van der Waals surface area contributed by atoms with Crippen molar-refractivity contribution in [1.29, 1.82) is 0 Å². The summed E-state index contributed by atoms with van der Waals surface area (Å²) < 4.78 is 0. The third kappa shape index (κ3) is 1.95. The lowest BCUT2D eigenvalue weighted by Gasteiger charge is -2.13. The Kier molecular flexibility index (Phi) is 2.63. The lowest BCUT2D eigenvalue weighted by molar-refractivity contribution is -0.132. The normalized spacial score (nSPS) is 22.9. The average molecular weight is 249 g/mol. The second-order valence-electron chi connectivity index (χ2n) is 4.56. The number of rotatable bonds is 2. The number of halogens is 1. The largest absolute Gasteiger partial charge is 0.272 e. The van der Waals surface area contributed by atoms with E-state index >= 15 is 0 Å². The van der Waals surface area contributed by atoms with E-state index in [1.807, 2.05) is 24.3 Å². The van der Waals surface area contributed by atoms with Crippen LogP contribution in [-0.2, 0) is 11.3 Å². The van der Waals surface area contributed by atoms with Gasteiger partial charge < -0.3 is 0 Å². The van der Waals surface area contributed by atoms with E-state index in [0.717, 1.165) is 30.5 Å². The number of hydrazone groups is 1. The fraction of sp³-hybridized carbons (Fsp3) is 0.385. The van der Waals surface area contributed by atoms with E-state index in [2.05, 4.69) is 5.10 Å². The molecule has 1 atom stereocenters. The predicted molar refractivity (Wildman–Crippen MR) is 66.8 cm³/mol. The van der Waals surface area contributed by atoms with E-state index < -0.39 is 0 Å². The molecule has 88 valence electrons. The van der Waals surface area contributed by atoms with Crippen molar-refractivity contribution in [1.82, 2.24) is 5.01 Å². The molecular weight excluding hydrogens is 236 g/mol. The third-order valence-electron chi connectivity index (χ3n) is 3.38. The smallest absolute Gasteiger partial charge is 0.251 e. The number of amides is 1. The fourth-order valence-corrected chi connectivity index (χ4v) is 2.60. The molecule has 1 aromatic rings. The molecule has 1 aliphatic carbocycles. The fourth-order valence-electron chi connectivity index (χ4n) is 2.47. The number of hydrogen-bond donors (Lipinski definition) is 0. The van der Waals surface area contributed by atoms with Crippen LogP contribution < -0.4 is 0 Å². The molecule has 0 radical (unpaired) electrons. The van der Waals surface area contributed by atoms with Crippen LogP contribution >= 0.6 is 11.6 Å². The van der Waals surface area contributed by atoms with E-state index in [-0.39, 0.29) is 11.8 Å². The first kappa shape index (κ1) is 10.8. The Morgan fingerprint density at radius 3 is 2.82 bits per heavy atom. The monoisotopic (exact) mass is 248 g/mol. The maximum absolute atomic E-state index is 12.0. The molecule has 0 saturated heterocycles. The first-order valence-corrected chi connectivity index (χ1v) is 6.25. The lowest BCUT2D eigenvalue weighted by Crippen LogP contribution is -2.25. The molecule has 1 fully saturated rings. The maximum atomic E-state index is 12.0. The van der Waals surface area contributed by atoms with Gasteiger partial charge in [0.25, 0.3) is 5.91 Å². The van der Waals surface area contributed by atoms with Crippen molar-refractivity contribution in [2.75, 3.05) is 0 Å². The van der Waals surface area contributed by atoms with E-state index in [1.165, 1.54) is 0 Å². The number of carbonyl (C=O) groups is 1. The molecule has 1 heterocycles. The van der Waals surface area contributed by atoms with Gasteiger partial charge >= 0.3 is 0 Å². The molecular formula is C13H13ClN2O. The van der Waals surface area contributed by atoms with E-state index in [9.17, 15) is 4.79 Å². The topological polar surface area (TPSA) is 32.7 Å². The summed E-state index contributed by atoms with van der Waals surface area (Å²) in [5.41, 5.74) is 2.14. The number of benzene rings is 1. The Labute approximate surface area is 105 Å². The first-order chi connectivity index (χ1) is 8.24. The molecule has 3 rings (SSSR count). The molecule has 2 aliphatic rings. The van der Waals surface area contributed by atoms with Crippen LogP contribution in [0.15, 0.2) is 29.4 Å². The van der Waals surface area contributed by atoms with Gasteiger partial charge in [-0.1, -0.05) is 23.7 Å². The summed E-state index contributed by atoms with van der Waals surface area (Å²) in [6.45, 7) is 0.552. The molecule has 3 nitrogen and oxygen atoms in total.